The van der Waals surface area contributed by atoms with Crippen LogP contribution in [0.3, 0.4) is 0 Å². The van der Waals surface area contributed by atoms with Crippen LogP contribution >= 0.6 is 0 Å². The van der Waals surface area contributed by atoms with Crippen LogP contribution in [0, 0.1) is 0 Å². The van der Waals surface area contributed by atoms with Crippen LogP contribution in [0.25, 0.3) is 0 Å². The Hall–Kier alpha value is -2.62. The van der Waals surface area contributed by atoms with Crippen molar-refractivity contribution in [3.05, 3.63) is 59.7 Å². The average Bonchev–Trinajstić information content (AvgIpc) is 2.56. The molecule has 4 nitrogen and oxygen atoms in total. The number of carbonyl (C=O) groups excluding carboxylic acids is 2. The molecular weight excluding hydrogens is 300 g/mol. The minimum atomic E-state index is 0.0756. The lowest BCUT2D eigenvalue weighted by Crippen LogP contribution is -2.43. The zero-order valence-electron chi connectivity index (χ0n) is 14.0. The number of aldehydes is 1. The molecule has 0 aliphatic carbocycles. The summed E-state index contributed by atoms with van der Waals surface area (Å²) >= 11 is 0. The quantitative estimate of drug-likeness (QED) is 0.873. The summed E-state index contributed by atoms with van der Waals surface area (Å²) in [7, 11) is 0. The van der Waals surface area contributed by atoms with E-state index in [4.69, 9.17) is 0 Å². The van der Waals surface area contributed by atoms with Crippen molar-refractivity contribution < 1.29 is 9.59 Å². The second-order valence-electron chi connectivity index (χ2n) is 6.30. The van der Waals surface area contributed by atoms with E-state index < -0.39 is 0 Å². The molecule has 2 aromatic rings. The fourth-order valence-corrected chi connectivity index (χ4v) is 3.46. The van der Waals surface area contributed by atoms with E-state index in [1.165, 1.54) is 0 Å². The van der Waals surface area contributed by atoms with E-state index in [-0.39, 0.29) is 18.0 Å². The molecule has 1 aliphatic heterocycles. The Balaban J connectivity index is 1.87. The Morgan fingerprint density at radius 2 is 1.92 bits per heavy atom. The number of benzene rings is 2. The molecular formula is C20H22N2O2. The van der Waals surface area contributed by atoms with Gasteiger partial charge in [-0.15, -0.1) is 0 Å². The molecule has 2 atom stereocenters. The lowest BCUT2D eigenvalue weighted by molar-refractivity contribution is -0.117. The van der Waals surface area contributed by atoms with Gasteiger partial charge in [0.15, 0.2) is 0 Å². The van der Waals surface area contributed by atoms with Crippen molar-refractivity contribution in [1.29, 1.82) is 0 Å². The van der Waals surface area contributed by atoms with Crippen LogP contribution in [0.2, 0.25) is 0 Å². The number of amides is 1. The summed E-state index contributed by atoms with van der Waals surface area (Å²) < 4.78 is 0. The van der Waals surface area contributed by atoms with Crippen molar-refractivity contribution in [2.75, 3.05) is 10.2 Å². The van der Waals surface area contributed by atoms with Crippen molar-refractivity contribution >= 4 is 23.6 Å². The van der Waals surface area contributed by atoms with Crippen LogP contribution in [-0.4, -0.2) is 18.2 Å². The first-order valence-corrected chi connectivity index (χ1v) is 8.28. The lowest BCUT2D eigenvalue weighted by atomic mass is 9.91. The molecule has 2 unspecified atom stereocenters. The number of hydrogen-bond acceptors (Lipinski definition) is 3. The molecule has 24 heavy (non-hydrogen) atoms. The average molecular weight is 322 g/mol. The molecule has 0 radical (unpaired) electrons. The summed E-state index contributed by atoms with van der Waals surface area (Å²) in [5.41, 5.74) is 4.16. The minimum absolute atomic E-state index is 0.0756. The Kier molecular flexibility index (Phi) is 4.65. The third-order valence-electron chi connectivity index (χ3n) is 4.54. The fourth-order valence-electron chi connectivity index (χ4n) is 3.46. The zero-order chi connectivity index (χ0) is 17.1. The second-order valence-corrected chi connectivity index (χ2v) is 6.30. The lowest BCUT2D eigenvalue weighted by Gasteiger charge is -2.39. The molecule has 4 heteroatoms. The van der Waals surface area contributed by atoms with Crippen LogP contribution < -0.4 is 10.2 Å². The minimum Gasteiger partial charge on any atom is -0.378 e. The molecule has 0 bridgehead atoms. The highest BCUT2D eigenvalue weighted by atomic mass is 16.2. The van der Waals surface area contributed by atoms with Crippen LogP contribution in [0.5, 0.6) is 0 Å². The van der Waals surface area contributed by atoms with Gasteiger partial charge >= 0.3 is 0 Å². The van der Waals surface area contributed by atoms with E-state index in [1.807, 2.05) is 47.4 Å². The predicted molar refractivity (Wildman–Crippen MR) is 96.3 cm³/mol. The van der Waals surface area contributed by atoms with Crippen LogP contribution in [0.15, 0.2) is 48.5 Å². The highest BCUT2D eigenvalue weighted by Gasteiger charge is 2.31. The first kappa shape index (κ1) is 16.2. The van der Waals surface area contributed by atoms with Gasteiger partial charge in [-0.1, -0.05) is 30.3 Å². The number of anilines is 2. The van der Waals surface area contributed by atoms with Gasteiger partial charge in [0.05, 0.1) is 6.04 Å². The van der Waals surface area contributed by atoms with Gasteiger partial charge in [-0.3, -0.25) is 4.79 Å². The molecule has 1 aliphatic rings. The summed E-state index contributed by atoms with van der Waals surface area (Å²) in [4.78, 5) is 24.5. The summed E-state index contributed by atoms with van der Waals surface area (Å²) in [5.74, 6) is 0.0756. The van der Waals surface area contributed by atoms with Gasteiger partial charge in [0.25, 0.3) is 0 Å². The van der Waals surface area contributed by atoms with Crippen LogP contribution in [-0.2, 0) is 16.0 Å². The maximum atomic E-state index is 12.0. The number of fused-ring (bicyclic) bond motifs is 1. The van der Waals surface area contributed by atoms with E-state index in [9.17, 15) is 9.59 Å². The second kappa shape index (κ2) is 6.87. The maximum absolute atomic E-state index is 12.0. The Labute approximate surface area is 142 Å². The highest BCUT2D eigenvalue weighted by Crippen LogP contribution is 2.38. The highest BCUT2D eigenvalue weighted by molar-refractivity contribution is 5.93. The zero-order valence-corrected chi connectivity index (χ0v) is 14.0. The molecule has 0 spiro atoms. The molecule has 0 saturated heterocycles. The summed E-state index contributed by atoms with van der Waals surface area (Å²) in [6.07, 6.45) is 2.21. The van der Waals surface area contributed by atoms with Gasteiger partial charge in [0, 0.05) is 30.8 Å². The van der Waals surface area contributed by atoms with E-state index in [0.717, 1.165) is 35.2 Å². The normalized spacial score (nSPS) is 19.5. The first-order valence-electron chi connectivity index (χ1n) is 8.28. The fraction of sp³-hybridized carbons (Fsp3) is 0.300. The van der Waals surface area contributed by atoms with Crippen molar-refractivity contribution in [2.24, 2.45) is 0 Å². The van der Waals surface area contributed by atoms with Gasteiger partial charge in [0.1, 0.15) is 6.29 Å². The summed E-state index contributed by atoms with van der Waals surface area (Å²) in [6.45, 7) is 3.70. The smallest absolute Gasteiger partial charge is 0.224 e. The Morgan fingerprint density at radius 3 is 2.58 bits per heavy atom. The molecule has 0 saturated carbocycles. The number of nitrogens with zero attached hydrogens (tertiary/aromatic N) is 1. The van der Waals surface area contributed by atoms with Gasteiger partial charge in [-0.25, -0.2) is 0 Å². The number of nitrogens with one attached hydrogen (secondary N) is 1. The van der Waals surface area contributed by atoms with E-state index in [1.54, 1.807) is 6.92 Å². The molecule has 3 rings (SSSR count). The summed E-state index contributed by atoms with van der Waals surface area (Å²) in [6, 6.07) is 16.3. The Morgan fingerprint density at radius 1 is 1.21 bits per heavy atom. The standard InChI is InChI=1S/C20H22N2O2/c1-14-13-19(21-17-9-7-16(8-10-17)11-12-23)18-5-3-4-6-20(18)22(14)15(2)24/h3-10,12,14,19,21H,11,13H2,1-2H3. The molecule has 1 heterocycles. The number of carbonyl (C=O) groups is 2. The van der Waals surface area contributed by atoms with Gasteiger partial charge < -0.3 is 15.0 Å². The van der Waals surface area contributed by atoms with E-state index >= 15 is 0 Å². The van der Waals surface area contributed by atoms with Crippen molar-refractivity contribution in [1.82, 2.24) is 0 Å². The monoisotopic (exact) mass is 322 g/mol. The molecule has 124 valence electrons. The number of para-hydroxylation sites is 1. The first-order chi connectivity index (χ1) is 11.6. The Bertz CT molecular complexity index is 740. The molecule has 0 fully saturated rings. The molecule has 1 amide bonds. The van der Waals surface area contributed by atoms with Gasteiger partial charge in [-0.2, -0.15) is 0 Å². The van der Waals surface area contributed by atoms with Gasteiger partial charge in [-0.05, 0) is 42.7 Å². The SMILES string of the molecule is CC(=O)N1c2ccccc2C(Nc2ccc(CC=O)cc2)CC1C. The molecule has 2 aromatic carbocycles. The molecule has 0 aromatic heterocycles. The topological polar surface area (TPSA) is 49.4 Å². The third-order valence-corrected chi connectivity index (χ3v) is 4.54. The third kappa shape index (κ3) is 3.18. The predicted octanol–water partition coefficient (Wildman–Crippen LogP) is 3.73. The van der Waals surface area contributed by atoms with Crippen molar-refractivity contribution in [3.63, 3.8) is 0 Å². The van der Waals surface area contributed by atoms with Gasteiger partial charge in [0.2, 0.25) is 5.91 Å². The maximum Gasteiger partial charge on any atom is 0.224 e. The van der Waals surface area contributed by atoms with Crippen molar-refractivity contribution in [2.45, 2.75) is 38.8 Å². The molecule has 1 N–H and O–H groups in total. The van der Waals surface area contributed by atoms with E-state index in [0.29, 0.717) is 6.42 Å². The van der Waals surface area contributed by atoms with Crippen LogP contribution in [0.4, 0.5) is 11.4 Å². The number of hydrogen-bond donors (Lipinski definition) is 1. The van der Waals surface area contributed by atoms with Crippen molar-refractivity contribution in [3.8, 4) is 0 Å². The van der Waals surface area contributed by atoms with E-state index in [2.05, 4.69) is 18.3 Å². The summed E-state index contributed by atoms with van der Waals surface area (Å²) in [5, 5.41) is 3.57. The number of rotatable bonds is 4. The van der Waals surface area contributed by atoms with Crippen LogP contribution in [0.1, 0.15) is 37.4 Å². The largest absolute Gasteiger partial charge is 0.378 e.